The molecule has 2 N–H and O–H groups in total. The van der Waals surface area contributed by atoms with E-state index in [-0.39, 0.29) is 17.1 Å². The maximum absolute atomic E-state index is 12.7. The summed E-state index contributed by atoms with van der Waals surface area (Å²) in [5.41, 5.74) is 3.27. The molecule has 1 amide bonds. The van der Waals surface area contributed by atoms with Gasteiger partial charge < -0.3 is 14.8 Å². The van der Waals surface area contributed by atoms with Crippen molar-refractivity contribution in [2.75, 3.05) is 5.32 Å². The number of hydrogen-bond acceptors (Lipinski definition) is 3. The van der Waals surface area contributed by atoms with E-state index in [0.29, 0.717) is 12.1 Å². The van der Waals surface area contributed by atoms with Crippen LogP contribution in [0.15, 0.2) is 27.1 Å². The summed E-state index contributed by atoms with van der Waals surface area (Å²) in [5, 5.41) is 13.3. The second-order valence-electron chi connectivity index (χ2n) is 7.39. The number of furan rings is 1. The number of carbonyl (C=O) groups is 1. The van der Waals surface area contributed by atoms with Gasteiger partial charge in [0.25, 0.3) is 5.91 Å². The molecule has 0 radical (unpaired) electrons. The lowest BCUT2D eigenvalue weighted by atomic mass is 9.75. The Balaban J connectivity index is 1.92. The number of carbonyl (C=O) groups excluding carboxylic acids is 1. The van der Waals surface area contributed by atoms with Crippen LogP contribution >= 0.6 is 15.9 Å². The molecule has 5 heteroatoms. The molecule has 24 heavy (non-hydrogen) atoms. The molecule has 1 unspecified atom stereocenters. The number of aliphatic hydroxyl groups is 1. The van der Waals surface area contributed by atoms with Gasteiger partial charge in [-0.2, -0.15) is 0 Å². The van der Waals surface area contributed by atoms with Crippen LogP contribution in [0.3, 0.4) is 0 Å². The van der Waals surface area contributed by atoms with Crippen LogP contribution in [0.2, 0.25) is 0 Å². The van der Waals surface area contributed by atoms with E-state index in [1.165, 1.54) is 0 Å². The van der Waals surface area contributed by atoms with Crippen molar-refractivity contribution in [2.24, 2.45) is 5.41 Å². The highest BCUT2D eigenvalue weighted by atomic mass is 79.9. The topological polar surface area (TPSA) is 62.5 Å². The van der Waals surface area contributed by atoms with Crippen LogP contribution in [0.25, 0.3) is 0 Å². The van der Waals surface area contributed by atoms with Gasteiger partial charge in [0.15, 0.2) is 5.76 Å². The summed E-state index contributed by atoms with van der Waals surface area (Å²) in [7, 11) is 0. The number of aryl methyl sites for hydroxylation is 1. The average Bonchev–Trinajstić information content (AvgIpc) is 2.77. The molecule has 128 valence electrons. The predicted molar refractivity (Wildman–Crippen MR) is 97.3 cm³/mol. The Kier molecular flexibility index (Phi) is 4.34. The smallest absolute Gasteiger partial charge is 0.291 e. The molecule has 0 spiro atoms. The third-order valence-electron chi connectivity index (χ3n) is 4.57. The zero-order valence-electron chi connectivity index (χ0n) is 14.4. The number of fused-ring (bicyclic) bond motifs is 1. The van der Waals surface area contributed by atoms with Gasteiger partial charge in [0.2, 0.25) is 0 Å². The summed E-state index contributed by atoms with van der Waals surface area (Å²) in [6.45, 7) is 8.02. The molecule has 1 aromatic carbocycles. The van der Waals surface area contributed by atoms with E-state index < -0.39 is 6.10 Å². The van der Waals surface area contributed by atoms with E-state index in [1.54, 1.807) is 0 Å². The summed E-state index contributed by atoms with van der Waals surface area (Å²) in [4.78, 5) is 12.7. The zero-order valence-corrected chi connectivity index (χ0v) is 16.0. The van der Waals surface area contributed by atoms with Crippen molar-refractivity contribution in [2.45, 2.75) is 46.6 Å². The first-order valence-electron chi connectivity index (χ1n) is 8.06. The molecule has 0 saturated carbocycles. The van der Waals surface area contributed by atoms with Gasteiger partial charge in [0.05, 0.1) is 11.8 Å². The molecule has 1 heterocycles. The Morgan fingerprint density at radius 1 is 1.38 bits per heavy atom. The van der Waals surface area contributed by atoms with Gasteiger partial charge in [-0.25, -0.2) is 0 Å². The van der Waals surface area contributed by atoms with Crippen LogP contribution in [-0.2, 0) is 6.42 Å². The molecule has 1 atom stereocenters. The highest BCUT2D eigenvalue weighted by molar-refractivity contribution is 9.10. The minimum absolute atomic E-state index is 0.0373. The van der Waals surface area contributed by atoms with Gasteiger partial charge in [0, 0.05) is 22.0 Å². The van der Waals surface area contributed by atoms with Gasteiger partial charge in [-0.15, -0.1) is 0 Å². The molecule has 1 aromatic heterocycles. The largest absolute Gasteiger partial charge is 0.455 e. The Labute approximate surface area is 150 Å². The molecule has 2 aromatic rings. The van der Waals surface area contributed by atoms with Gasteiger partial charge in [-0.05, 0) is 59.3 Å². The van der Waals surface area contributed by atoms with Crippen molar-refractivity contribution in [1.82, 2.24) is 0 Å². The fourth-order valence-electron chi connectivity index (χ4n) is 3.40. The molecule has 0 aliphatic heterocycles. The van der Waals surface area contributed by atoms with Gasteiger partial charge in [0.1, 0.15) is 5.76 Å². The number of nitrogens with one attached hydrogen (secondary N) is 1. The number of amides is 1. The van der Waals surface area contributed by atoms with Crippen molar-refractivity contribution < 1.29 is 14.3 Å². The van der Waals surface area contributed by atoms with Crippen molar-refractivity contribution >= 4 is 27.5 Å². The lowest BCUT2D eigenvalue weighted by Crippen LogP contribution is -2.24. The Bertz CT molecular complexity index is 807. The van der Waals surface area contributed by atoms with E-state index in [4.69, 9.17) is 4.42 Å². The van der Waals surface area contributed by atoms with Crippen LogP contribution < -0.4 is 5.32 Å². The summed E-state index contributed by atoms with van der Waals surface area (Å²) in [5.74, 6) is 0.713. The average molecular weight is 392 g/mol. The van der Waals surface area contributed by atoms with Gasteiger partial charge >= 0.3 is 0 Å². The molecular formula is C19H22BrNO3. The second-order valence-corrected chi connectivity index (χ2v) is 8.25. The second kappa shape index (κ2) is 6.05. The molecule has 1 aliphatic carbocycles. The fourth-order valence-corrected chi connectivity index (χ4v) is 4.00. The quantitative estimate of drug-likeness (QED) is 0.763. The number of rotatable bonds is 2. The SMILES string of the molecule is Cc1ccc(NC(=O)c2oc3c(c2C)C(O)CC(C)(C)C3)c(Br)c1. The highest BCUT2D eigenvalue weighted by Crippen LogP contribution is 2.44. The van der Waals surface area contributed by atoms with Gasteiger partial charge in [-0.1, -0.05) is 19.9 Å². The number of anilines is 1. The predicted octanol–water partition coefficient (Wildman–Crippen LogP) is 4.92. The van der Waals surface area contributed by atoms with E-state index in [1.807, 2.05) is 32.0 Å². The van der Waals surface area contributed by atoms with Gasteiger partial charge in [-0.3, -0.25) is 4.79 Å². The van der Waals surface area contributed by atoms with E-state index in [9.17, 15) is 9.90 Å². The highest BCUT2D eigenvalue weighted by Gasteiger charge is 2.37. The molecular weight excluding hydrogens is 370 g/mol. The van der Waals surface area contributed by atoms with Crippen molar-refractivity contribution in [3.05, 3.63) is 50.9 Å². The Morgan fingerprint density at radius 3 is 2.75 bits per heavy atom. The van der Waals surface area contributed by atoms with E-state index in [2.05, 4.69) is 35.1 Å². The zero-order chi connectivity index (χ0) is 17.6. The van der Waals surface area contributed by atoms with Crippen LogP contribution in [0.5, 0.6) is 0 Å². The maximum Gasteiger partial charge on any atom is 0.291 e. The van der Waals surface area contributed by atoms with Crippen LogP contribution in [0.4, 0.5) is 5.69 Å². The van der Waals surface area contributed by atoms with Crippen LogP contribution in [0.1, 0.15) is 59.4 Å². The normalized spacial score (nSPS) is 19.0. The van der Waals surface area contributed by atoms with Crippen LogP contribution in [0, 0.1) is 19.3 Å². The van der Waals surface area contributed by atoms with E-state index in [0.717, 1.165) is 33.3 Å². The third kappa shape index (κ3) is 3.15. The third-order valence-corrected chi connectivity index (χ3v) is 5.22. The summed E-state index contributed by atoms with van der Waals surface area (Å²) in [6, 6.07) is 5.74. The number of hydrogen-bond donors (Lipinski definition) is 2. The first-order chi connectivity index (χ1) is 11.2. The molecule has 1 aliphatic rings. The summed E-state index contributed by atoms with van der Waals surface area (Å²) < 4.78 is 6.68. The van der Waals surface area contributed by atoms with Crippen molar-refractivity contribution in [3.8, 4) is 0 Å². The van der Waals surface area contributed by atoms with E-state index >= 15 is 0 Å². The lowest BCUT2D eigenvalue weighted by Gasteiger charge is -2.31. The molecule has 4 nitrogen and oxygen atoms in total. The van der Waals surface area contributed by atoms with Crippen molar-refractivity contribution in [1.29, 1.82) is 0 Å². The number of aliphatic hydroxyl groups excluding tert-OH is 1. The lowest BCUT2D eigenvalue weighted by molar-refractivity contribution is 0.0910. The maximum atomic E-state index is 12.7. The molecule has 0 fully saturated rings. The first kappa shape index (κ1) is 17.2. The standard InChI is InChI=1S/C19H22BrNO3/c1-10-5-6-13(12(20)7-10)21-18(23)17-11(2)16-14(22)8-19(3,4)9-15(16)24-17/h5-7,14,22H,8-9H2,1-4H3,(H,21,23). The molecule has 3 rings (SSSR count). The molecule has 0 bridgehead atoms. The fraction of sp³-hybridized carbons (Fsp3) is 0.421. The summed E-state index contributed by atoms with van der Waals surface area (Å²) >= 11 is 3.46. The first-order valence-corrected chi connectivity index (χ1v) is 8.85. The minimum Gasteiger partial charge on any atom is -0.455 e. The monoisotopic (exact) mass is 391 g/mol. The summed E-state index contributed by atoms with van der Waals surface area (Å²) in [6.07, 6.45) is 0.812. The van der Waals surface area contributed by atoms with Crippen molar-refractivity contribution in [3.63, 3.8) is 0 Å². The number of benzene rings is 1. The Hall–Kier alpha value is -1.59. The van der Waals surface area contributed by atoms with Crippen LogP contribution in [-0.4, -0.2) is 11.0 Å². The number of halogens is 1. The molecule has 0 saturated heterocycles. The minimum atomic E-state index is -0.583. The Morgan fingerprint density at radius 2 is 2.08 bits per heavy atom.